The molecule has 25 heavy (non-hydrogen) atoms. The maximum Gasteiger partial charge on any atom is 0.279 e. The molecule has 0 aliphatic carbocycles. The molecular weight excluding hydrogens is 330 g/mol. The second kappa shape index (κ2) is 7.74. The average Bonchev–Trinajstić information content (AvgIpc) is 2.53. The Hall–Kier alpha value is -2.27. The number of aliphatic imine (C=N–C) groups is 1. The summed E-state index contributed by atoms with van der Waals surface area (Å²) in [6, 6.07) is 13.4. The van der Waals surface area contributed by atoms with Crippen LogP contribution >= 0.6 is 11.8 Å². The van der Waals surface area contributed by atoms with Crippen LogP contribution < -0.4 is 5.73 Å². The van der Waals surface area contributed by atoms with E-state index in [-0.39, 0.29) is 10.7 Å². The van der Waals surface area contributed by atoms with Crippen molar-refractivity contribution in [1.82, 2.24) is 4.90 Å². The molecule has 0 saturated carbocycles. The molecule has 0 saturated heterocycles. The van der Waals surface area contributed by atoms with Gasteiger partial charge in [-0.3, -0.25) is 4.79 Å². The van der Waals surface area contributed by atoms with Gasteiger partial charge in [0.1, 0.15) is 0 Å². The van der Waals surface area contributed by atoms with E-state index in [2.05, 4.69) is 25.8 Å². The van der Waals surface area contributed by atoms with Gasteiger partial charge in [-0.15, -0.1) is 11.8 Å². The first-order chi connectivity index (χ1) is 11.7. The van der Waals surface area contributed by atoms with Gasteiger partial charge in [0.15, 0.2) is 0 Å². The lowest BCUT2D eigenvalue weighted by atomic mass is 9.99. The SMILES string of the molecule is CN(C)/C=N/C(=O)c1ccccc1-c1ccc(SC(C)(C)C)c(N)c1. The van der Waals surface area contributed by atoms with Crippen molar-refractivity contribution >= 4 is 29.7 Å². The Morgan fingerprint density at radius 1 is 1.16 bits per heavy atom. The van der Waals surface area contributed by atoms with Crippen molar-refractivity contribution in [2.75, 3.05) is 19.8 Å². The minimum absolute atomic E-state index is 0.0877. The molecule has 5 heteroatoms. The molecule has 0 fully saturated rings. The molecule has 2 N–H and O–H groups in total. The lowest BCUT2D eigenvalue weighted by molar-refractivity contribution is 0.100. The van der Waals surface area contributed by atoms with Crippen molar-refractivity contribution < 1.29 is 4.79 Å². The molecule has 0 aromatic heterocycles. The van der Waals surface area contributed by atoms with E-state index in [4.69, 9.17) is 5.73 Å². The Balaban J connectivity index is 2.40. The maximum absolute atomic E-state index is 12.4. The van der Waals surface area contributed by atoms with Gasteiger partial charge in [-0.05, 0) is 29.3 Å². The lowest BCUT2D eigenvalue weighted by Crippen LogP contribution is -2.10. The number of thioether (sulfide) groups is 1. The third-order valence-electron chi connectivity index (χ3n) is 3.30. The van der Waals surface area contributed by atoms with Gasteiger partial charge in [0, 0.05) is 35.0 Å². The first kappa shape index (κ1) is 19.1. The molecule has 2 aromatic carbocycles. The highest BCUT2D eigenvalue weighted by Gasteiger charge is 2.16. The summed E-state index contributed by atoms with van der Waals surface area (Å²) in [6.45, 7) is 6.46. The Morgan fingerprint density at radius 2 is 1.84 bits per heavy atom. The molecule has 2 aromatic rings. The predicted molar refractivity (Wildman–Crippen MR) is 108 cm³/mol. The van der Waals surface area contributed by atoms with Crippen LogP contribution in [0.1, 0.15) is 31.1 Å². The second-order valence-electron chi connectivity index (χ2n) is 7.03. The van der Waals surface area contributed by atoms with Gasteiger partial charge in [0.2, 0.25) is 0 Å². The highest BCUT2D eigenvalue weighted by atomic mass is 32.2. The van der Waals surface area contributed by atoms with E-state index in [1.54, 1.807) is 22.7 Å². The second-order valence-corrected chi connectivity index (χ2v) is 8.89. The Kier molecular flexibility index (Phi) is 5.90. The van der Waals surface area contributed by atoms with Crippen LogP contribution in [0.5, 0.6) is 0 Å². The first-order valence-electron chi connectivity index (χ1n) is 8.10. The van der Waals surface area contributed by atoms with Crippen LogP contribution in [0.2, 0.25) is 0 Å². The Morgan fingerprint density at radius 3 is 2.44 bits per heavy atom. The molecule has 2 rings (SSSR count). The quantitative estimate of drug-likeness (QED) is 0.378. The fraction of sp³-hybridized carbons (Fsp3) is 0.300. The smallest absolute Gasteiger partial charge is 0.279 e. The van der Waals surface area contributed by atoms with Crippen molar-refractivity contribution in [3.8, 4) is 11.1 Å². The van der Waals surface area contributed by atoms with Crippen LogP contribution in [-0.2, 0) is 0 Å². The summed E-state index contributed by atoms with van der Waals surface area (Å²) in [4.78, 5) is 19.2. The molecule has 0 radical (unpaired) electrons. The number of hydrogen-bond donors (Lipinski definition) is 1. The molecule has 4 nitrogen and oxygen atoms in total. The fourth-order valence-electron chi connectivity index (χ4n) is 2.30. The van der Waals surface area contributed by atoms with E-state index in [9.17, 15) is 4.79 Å². The number of hydrogen-bond acceptors (Lipinski definition) is 3. The van der Waals surface area contributed by atoms with Gasteiger partial charge in [-0.1, -0.05) is 45.0 Å². The van der Waals surface area contributed by atoms with Crippen LogP contribution in [-0.4, -0.2) is 36.0 Å². The van der Waals surface area contributed by atoms with Crippen LogP contribution in [0.25, 0.3) is 11.1 Å². The van der Waals surface area contributed by atoms with E-state index < -0.39 is 0 Å². The number of carbonyl (C=O) groups is 1. The Labute approximate surface area is 154 Å². The summed E-state index contributed by atoms with van der Waals surface area (Å²) >= 11 is 1.73. The lowest BCUT2D eigenvalue weighted by Gasteiger charge is -2.19. The van der Waals surface area contributed by atoms with Gasteiger partial charge < -0.3 is 10.6 Å². The monoisotopic (exact) mass is 355 g/mol. The zero-order valence-corrected chi connectivity index (χ0v) is 16.2. The van der Waals surface area contributed by atoms with Crippen LogP contribution in [0.3, 0.4) is 0 Å². The standard InChI is InChI=1S/C20H25N3OS/c1-20(2,3)25-18-11-10-14(12-17(18)21)15-8-6-7-9-16(15)19(24)22-13-23(4)5/h6-13H,21H2,1-5H3/b22-13+. The zero-order valence-electron chi connectivity index (χ0n) is 15.4. The highest BCUT2D eigenvalue weighted by Crippen LogP contribution is 2.37. The molecule has 132 valence electrons. The number of anilines is 1. The normalized spacial score (nSPS) is 11.7. The molecule has 0 unspecified atom stereocenters. The predicted octanol–water partition coefficient (Wildman–Crippen LogP) is 4.56. The topological polar surface area (TPSA) is 58.7 Å². The van der Waals surface area contributed by atoms with Gasteiger partial charge in [-0.25, -0.2) is 0 Å². The van der Waals surface area contributed by atoms with Crippen molar-refractivity contribution in [1.29, 1.82) is 0 Å². The highest BCUT2D eigenvalue weighted by molar-refractivity contribution is 8.00. The molecular formula is C20H25N3OS. The number of rotatable bonds is 4. The molecule has 0 aliphatic heterocycles. The number of nitrogens with zero attached hydrogens (tertiary/aromatic N) is 2. The number of amides is 1. The van der Waals surface area contributed by atoms with E-state index in [1.165, 1.54) is 6.34 Å². The third kappa shape index (κ3) is 5.36. The molecule has 0 heterocycles. The third-order valence-corrected chi connectivity index (χ3v) is 4.50. The van der Waals surface area contributed by atoms with E-state index in [1.807, 2.05) is 50.5 Å². The summed E-state index contributed by atoms with van der Waals surface area (Å²) in [6.07, 6.45) is 1.51. The summed E-state index contributed by atoms with van der Waals surface area (Å²) in [7, 11) is 3.66. The van der Waals surface area contributed by atoms with Crippen molar-refractivity contribution in [2.45, 2.75) is 30.4 Å². The van der Waals surface area contributed by atoms with Gasteiger partial charge in [0.25, 0.3) is 5.91 Å². The van der Waals surface area contributed by atoms with E-state index in [0.29, 0.717) is 5.56 Å². The molecule has 0 aliphatic rings. The van der Waals surface area contributed by atoms with Gasteiger partial charge in [0.05, 0.1) is 6.34 Å². The largest absolute Gasteiger partial charge is 0.398 e. The summed E-state index contributed by atoms with van der Waals surface area (Å²) in [5, 5.41) is 0. The summed E-state index contributed by atoms with van der Waals surface area (Å²) in [5.74, 6) is -0.268. The van der Waals surface area contributed by atoms with Crippen molar-refractivity contribution in [3.63, 3.8) is 0 Å². The van der Waals surface area contributed by atoms with Gasteiger partial charge in [-0.2, -0.15) is 4.99 Å². The van der Waals surface area contributed by atoms with Crippen LogP contribution in [0, 0.1) is 0 Å². The van der Waals surface area contributed by atoms with Crippen molar-refractivity contribution in [2.24, 2.45) is 4.99 Å². The van der Waals surface area contributed by atoms with Crippen LogP contribution in [0.15, 0.2) is 52.4 Å². The molecule has 0 atom stereocenters. The average molecular weight is 356 g/mol. The zero-order chi connectivity index (χ0) is 18.6. The molecule has 1 amide bonds. The first-order valence-corrected chi connectivity index (χ1v) is 8.92. The van der Waals surface area contributed by atoms with Crippen molar-refractivity contribution in [3.05, 3.63) is 48.0 Å². The number of nitrogens with two attached hydrogens (primary N) is 1. The number of carbonyl (C=O) groups excluding carboxylic acids is 1. The Bertz CT molecular complexity index is 792. The fourth-order valence-corrected chi connectivity index (χ4v) is 3.27. The van der Waals surface area contributed by atoms with E-state index in [0.717, 1.165) is 21.7 Å². The van der Waals surface area contributed by atoms with Gasteiger partial charge >= 0.3 is 0 Å². The molecule has 0 bridgehead atoms. The number of benzene rings is 2. The number of nitrogen functional groups attached to an aromatic ring is 1. The van der Waals surface area contributed by atoms with Crippen LogP contribution in [0.4, 0.5) is 5.69 Å². The maximum atomic E-state index is 12.4. The summed E-state index contributed by atoms with van der Waals surface area (Å²) in [5.41, 5.74) is 9.29. The minimum atomic E-state index is -0.268. The molecule has 0 spiro atoms. The summed E-state index contributed by atoms with van der Waals surface area (Å²) < 4.78 is 0.0877. The van der Waals surface area contributed by atoms with E-state index >= 15 is 0 Å². The minimum Gasteiger partial charge on any atom is -0.398 e.